The van der Waals surface area contributed by atoms with Crippen molar-refractivity contribution in [3.63, 3.8) is 0 Å². The number of hydrogen-bond acceptors (Lipinski definition) is 4. The lowest BCUT2D eigenvalue weighted by Crippen LogP contribution is -2.38. The lowest BCUT2D eigenvalue weighted by molar-refractivity contribution is -0.143. The van der Waals surface area contributed by atoms with E-state index >= 15 is 0 Å². The second-order valence-corrected chi connectivity index (χ2v) is 4.47. The molecule has 0 aromatic heterocycles. The second kappa shape index (κ2) is 7.79. The third-order valence-electron chi connectivity index (χ3n) is 3.16. The summed E-state index contributed by atoms with van der Waals surface area (Å²) in [5, 5.41) is 3.09. The van der Waals surface area contributed by atoms with Crippen molar-refractivity contribution >= 4 is 5.97 Å². The van der Waals surface area contributed by atoms with Gasteiger partial charge in [-0.1, -0.05) is 19.1 Å². The number of aryl methyl sites for hydroxylation is 1. The van der Waals surface area contributed by atoms with E-state index in [1.165, 1.54) is 12.7 Å². The fourth-order valence-electron chi connectivity index (χ4n) is 1.86. The molecule has 19 heavy (non-hydrogen) atoms. The molecule has 4 nitrogen and oxygen atoms in total. The van der Waals surface area contributed by atoms with E-state index < -0.39 is 0 Å². The highest BCUT2D eigenvalue weighted by molar-refractivity contribution is 5.75. The molecule has 1 rings (SSSR count). The SMILES string of the molecule is CCNC(CCOc1cccc(C)c1C)C(=O)OC. The van der Waals surface area contributed by atoms with E-state index in [-0.39, 0.29) is 12.0 Å². The van der Waals surface area contributed by atoms with Gasteiger partial charge in [0, 0.05) is 6.42 Å². The second-order valence-electron chi connectivity index (χ2n) is 4.47. The summed E-state index contributed by atoms with van der Waals surface area (Å²) in [5.74, 6) is 0.631. The number of carbonyl (C=O) groups excluding carboxylic acids is 1. The van der Waals surface area contributed by atoms with Crippen molar-refractivity contribution in [3.8, 4) is 5.75 Å². The minimum atomic E-state index is -0.305. The van der Waals surface area contributed by atoms with Gasteiger partial charge in [-0.25, -0.2) is 0 Å². The number of methoxy groups -OCH3 is 1. The van der Waals surface area contributed by atoms with E-state index in [0.717, 1.165) is 17.9 Å². The van der Waals surface area contributed by atoms with Crippen LogP contribution in [0.25, 0.3) is 0 Å². The first-order chi connectivity index (χ1) is 9.10. The fraction of sp³-hybridized carbons (Fsp3) is 0.533. The standard InChI is InChI=1S/C15H23NO3/c1-5-16-13(15(17)18-4)9-10-19-14-8-6-7-11(2)12(14)3/h6-8,13,16H,5,9-10H2,1-4H3. The molecule has 0 aliphatic heterocycles. The van der Waals surface area contributed by atoms with Gasteiger partial charge in [-0.2, -0.15) is 0 Å². The van der Waals surface area contributed by atoms with Crippen LogP contribution in [0.4, 0.5) is 0 Å². The van der Waals surface area contributed by atoms with Crippen molar-refractivity contribution < 1.29 is 14.3 Å². The summed E-state index contributed by atoms with van der Waals surface area (Å²) < 4.78 is 10.5. The number of likely N-dealkylation sites (N-methyl/N-ethyl adjacent to an activating group) is 1. The fourth-order valence-corrected chi connectivity index (χ4v) is 1.86. The minimum Gasteiger partial charge on any atom is -0.493 e. The zero-order chi connectivity index (χ0) is 14.3. The average molecular weight is 265 g/mol. The number of nitrogens with one attached hydrogen (secondary N) is 1. The van der Waals surface area contributed by atoms with Gasteiger partial charge in [-0.3, -0.25) is 4.79 Å². The van der Waals surface area contributed by atoms with E-state index in [2.05, 4.69) is 18.3 Å². The molecule has 0 aliphatic carbocycles. The van der Waals surface area contributed by atoms with Crippen molar-refractivity contribution in [3.05, 3.63) is 29.3 Å². The quantitative estimate of drug-likeness (QED) is 0.768. The smallest absolute Gasteiger partial charge is 0.322 e. The summed E-state index contributed by atoms with van der Waals surface area (Å²) >= 11 is 0. The van der Waals surface area contributed by atoms with Crippen LogP contribution in [0.3, 0.4) is 0 Å². The van der Waals surface area contributed by atoms with Gasteiger partial charge < -0.3 is 14.8 Å². The summed E-state index contributed by atoms with van der Waals surface area (Å²) in [7, 11) is 1.40. The predicted molar refractivity (Wildman–Crippen MR) is 75.5 cm³/mol. The van der Waals surface area contributed by atoms with Crippen molar-refractivity contribution in [1.29, 1.82) is 0 Å². The molecule has 0 saturated carbocycles. The molecule has 0 heterocycles. The normalized spacial score (nSPS) is 12.0. The Balaban J connectivity index is 2.52. The predicted octanol–water partition coefficient (Wildman–Crippen LogP) is 2.22. The third-order valence-corrected chi connectivity index (χ3v) is 3.16. The van der Waals surface area contributed by atoms with Crippen LogP contribution >= 0.6 is 0 Å². The molecule has 1 atom stereocenters. The molecular weight excluding hydrogens is 242 g/mol. The van der Waals surface area contributed by atoms with Gasteiger partial charge in [-0.05, 0) is 37.6 Å². The third kappa shape index (κ3) is 4.56. The number of hydrogen-bond donors (Lipinski definition) is 1. The molecule has 1 unspecified atom stereocenters. The zero-order valence-corrected chi connectivity index (χ0v) is 12.2. The molecule has 1 aromatic rings. The van der Waals surface area contributed by atoms with Gasteiger partial charge in [0.15, 0.2) is 0 Å². The summed E-state index contributed by atoms with van der Waals surface area (Å²) in [4.78, 5) is 11.5. The first-order valence-corrected chi connectivity index (χ1v) is 6.60. The van der Waals surface area contributed by atoms with E-state index in [1.807, 2.05) is 26.0 Å². The largest absolute Gasteiger partial charge is 0.493 e. The Labute approximate surface area is 115 Å². The molecule has 0 spiro atoms. The number of rotatable bonds is 7. The van der Waals surface area contributed by atoms with E-state index in [9.17, 15) is 4.79 Å². The first kappa shape index (κ1) is 15.5. The van der Waals surface area contributed by atoms with Crippen LogP contribution in [-0.4, -0.2) is 32.3 Å². The Bertz CT molecular complexity index is 418. The van der Waals surface area contributed by atoms with E-state index in [1.54, 1.807) is 0 Å². The minimum absolute atomic E-state index is 0.244. The molecule has 0 amide bonds. The van der Waals surface area contributed by atoms with Gasteiger partial charge in [0.25, 0.3) is 0 Å². The Morgan fingerprint density at radius 1 is 1.37 bits per heavy atom. The van der Waals surface area contributed by atoms with Crippen molar-refractivity contribution in [1.82, 2.24) is 5.32 Å². The highest BCUT2D eigenvalue weighted by Gasteiger charge is 2.17. The van der Waals surface area contributed by atoms with Crippen LogP contribution in [0.2, 0.25) is 0 Å². The summed E-state index contributed by atoms with van der Waals surface area (Å²) in [6.07, 6.45) is 0.591. The van der Waals surface area contributed by atoms with Gasteiger partial charge in [-0.15, -0.1) is 0 Å². The zero-order valence-electron chi connectivity index (χ0n) is 12.2. The van der Waals surface area contributed by atoms with Crippen LogP contribution in [0.5, 0.6) is 5.75 Å². The lowest BCUT2D eigenvalue weighted by Gasteiger charge is -2.16. The average Bonchev–Trinajstić information content (AvgIpc) is 2.41. The molecule has 1 aromatic carbocycles. The maximum Gasteiger partial charge on any atom is 0.322 e. The summed E-state index contributed by atoms with van der Waals surface area (Å²) in [6.45, 7) is 7.26. The monoisotopic (exact) mass is 265 g/mol. The number of benzene rings is 1. The van der Waals surface area contributed by atoms with Crippen LogP contribution < -0.4 is 10.1 Å². The molecule has 0 aliphatic rings. The van der Waals surface area contributed by atoms with E-state index in [4.69, 9.17) is 9.47 Å². The topological polar surface area (TPSA) is 47.6 Å². The molecule has 106 valence electrons. The highest BCUT2D eigenvalue weighted by atomic mass is 16.5. The molecule has 1 N–H and O–H groups in total. The van der Waals surface area contributed by atoms with Crippen LogP contribution in [0.15, 0.2) is 18.2 Å². The molecule has 0 fully saturated rings. The Hall–Kier alpha value is -1.55. The van der Waals surface area contributed by atoms with Gasteiger partial charge in [0.2, 0.25) is 0 Å². The number of ether oxygens (including phenoxy) is 2. The Morgan fingerprint density at radius 3 is 2.74 bits per heavy atom. The summed E-state index contributed by atoms with van der Waals surface area (Å²) in [6, 6.07) is 5.67. The highest BCUT2D eigenvalue weighted by Crippen LogP contribution is 2.20. The number of esters is 1. The molecule has 0 bridgehead atoms. The van der Waals surface area contributed by atoms with Crippen molar-refractivity contribution in [2.45, 2.75) is 33.2 Å². The summed E-state index contributed by atoms with van der Waals surface area (Å²) in [5.41, 5.74) is 2.34. The Morgan fingerprint density at radius 2 is 2.11 bits per heavy atom. The van der Waals surface area contributed by atoms with Gasteiger partial charge >= 0.3 is 5.97 Å². The molecule has 0 saturated heterocycles. The van der Waals surface area contributed by atoms with Gasteiger partial charge in [0.1, 0.15) is 11.8 Å². The van der Waals surface area contributed by atoms with Crippen LogP contribution in [-0.2, 0) is 9.53 Å². The van der Waals surface area contributed by atoms with Crippen LogP contribution in [0, 0.1) is 13.8 Å². The van der Waals surface area contributed by atoms with Gasteiger partial charge in [0.05, 0.1) is 13.7 Å². The maximum atomic E-state index is 11.5. The first-order valence-electron chi connectivity index (χ1n) is 6.60. The van der Waals surface area contributed by atoms with E-state index in [0.29, 0.717) is 13.0 Å². The molecule has 0 radical (unpaired) electrons. The van der Waals surface area contributed by atoms with Crippen LogP contribution in [0.1, 0.15) is 24.5 Å². The van der Waals surface area contributed by atoms with Crippen molar-refractivity contribution in [2.24, 2.45) is 0 Å². The maximum absolute atomic E-state index is 11.5. The number of carbonyl (C=O) groups is 1. The molecular formula is C15H23NO3. The Kier molecular flexibility index (Phi) is 6.36. The van der Waals surface area contributed by atoms with Crippen molar-refractivity contribution in [2.75, 3.05) is 20.3 Å². The lowest BCUT2D eigenvalue weighted by atomic mass is 10.1. The molecule has 4 heteroatoms.